The van der Waals surface area contributed by atoms with E-state index in [2.05, 4.69) is 28.2 Å². The van der Waals surface area contributed by atoms with Crippen molar-refractivity contribution in [3.8, 4) is 0 Å². The Hall–Kier alpha value is 1.65. The Kier molecular flexibility index (Phi) is 7.56. The SMILES string of the molecule is C[N+](C)(C)C.[Cl][Al-]([Cl])([Cl])[Cl]. The van der Waals surface area contributed by atoms with Crippen LogP contribution in [0, 0.1) is 0 Å². The summed E-state index contributed by atoms with van der Waals surface area (Å²) >= 11 is 0. The van der Waals surface area contributed by atoms with Crippen molar-refractivity contribution in [3.05, 3.63) is 0 Å². The molecule has 0 aromatic carbocycles. The Morgan fingerprint density at radius 1 is 0.800 bits per heavy atom. The average molecular weight is 243 g/mol. The van der Waals surface area contributed by atoms with Gasteiger partial charge in [0.2, 0.25) is 0 Å². The molecule has 0 unspecified atom stereocenters. The molecule has 0 aromatic rings. The van der Waals surface area contributed by atoms with Crippen LogP contribution in [-0.2, 0) is 0 Å². The standard InChI is InChI=1S/C4H12N.Al.4ClH/c1-5(2,3)4;;;;;/h1-4H3;;4*1H/q+1;+3;;;;/p-4. The quantitative estimate of drug-likeness (QED) is 0.453. The molecule has 10 heavy (non-hydrogen) atoms. The maximum Gasteiger partial charge on any atom is 0.564 e. The smallest absolute Gasteiger partial charge is 0.391 e. The summed E-state index contributed by atoms with van der Waals surface area (Å²) in [5, 5.41) is 0. The van der Waals surface area contributed by atoms with Gasteiger partial charge in [-0.05, 0) is 0 Å². The lowest BCUT2D eigenvalue weighted by molar-refractivity contribution is -0.849. The summed E-state index contributed by atoms with van der Waals surface area (Å²) in [6.45, 7) is 0. The van der Waals surface area contributed by atoms with Crippen molar-refractivity contribution in [2.24, 2.45) is 0 Å². The van der Waals surface area contributed by atoms with E-state index in [1.807, 2.05) is 0 Å². The monoisotopic (exact) mass is 241 g/mol. The Bertz CT molecular complexity index is 60.2. The van der Waals surface area contributed by atoms with Gasteiger partial charge in [-0.2, -0.15) is 0 Å². The highest BCUT2D eigenvalue weighted by atomic mass is 35.9. The second kappa shape index (κ2) is 5.32. The third-order valence-electron chi connectivity index (χ3n) is 0. The van der Waals surface area contributed by atoms with Crippen molar-refractivity contribution in [2.45, 2.75) is 0 Å². The largest absolute Gasteiger partial charge is 0.564 e. The highest BCUT2D eigenvalue weighted by molar-refractivity contribution is 7.81. The molecule has 0 saturated heterocycles. The maximum absolute atomic E-state index is 4.99. The first-order chi connectivity index (χ1) is 4.00. The molecule has 0 heterocycles. The molecule has 0 aliphatic rings. The highest BCUT2D eigenvalue weighted by Gasteiger charge is 2.14. The van der Waals surface area contributed by atoms with E-state index in [4.69, 9.17) is 40.2 Å². The summed E-state index contributed by atoms with van der Waals surface area (Å²) in [5.41, 5.74) is 0. The molecule has 0 atom stereocenters. The van der Waals surface area contributed by atoms with Gasteiger partial charge in [0.15, 0.2) is 0 Å². The zero-order valence-corrected chi connectivity index (χ0v) is 10.7. The van der Waals surface area contributed by atoms with Crippen molar-refractivity contribution in [1.82, 2.24) is 0 Å². The van der Waals surface area contributed by atoms with Crippen LogP contribution in [0.4, 0.5) is 0 Å². The van der Waals surface area contributed by atoms with Crippen molar-refractivity contribution < 1.29 is 4.48 Å². The molecule has 6 heteroatoms. The van der Waals surface area contributed by atoms with E-state index in [1.165, 1.54) is 0 Å². The summed E-state index contributed by atoms with van der Waals surface area (Å²) < 4.78 is 1.00. The summed E-state index contributed by atoms with van der Waals surface area (Å²) in [4.78, 5) is 0. The second-order valence-corrected chi connectivity index (χ2v) is 16.0. The summed E-state index contributed by atoms with van der Waals surface area (Å²) in [6.07, 6.45) is 0. The Labute approximate surface area is 81.9 Å². The van der Waals surface area contributed by atoms with E-state index >= 15 is 0 Å². The molecule has 1 nitrogen and oxygen atoms in total. The molecule has 0 aliphatic carbocycles. The predicted octanol–water partition coefficient (Wildman–Crippen LogP) is 2.70. The van der Waals surface area contributed by atoms with Gasteiger partial charge in [0, 0.05) is 0 Å². The second-order valence-electron chi connectivity index (χ2n) is 3.18. The predicted molar refractivity (Wildman–Crippen MR) is 53.1 cm³/mol. The third kappa shape index (κ3) is 265. The molecule has 0 amide bonds. The average Bonchev–Trinajstić information content (AvgIpc) is 1.12. The first-order valence-electron chi connectivity index (χ1n) is 2.66. The molecule has 0 rings (SSSR count). The van der Waals surface area contributed by atoms with Crippen LogP contribution < -0.4 is 0 Å². The van der Waals surface area contributed by atoms with Crippen LogP contribution in [0.5, 0.6) is 0 Å². The van der Waals surface area contributed by atoms with E-state index in [-0.39, 0.29) is 0 Å². The first kappa shape index (κ1) is 14.2. The lowest BCUT2D eigenvalue weighted by Gasteiger charge is -2.14. The lowest BCUT2D eigenvalue weighted by atomic mass is 10.8. The van der Waals surface area contributed by atoms with Crippen LogP contribution in [-0.4, -0.2) is 42.1 Å². The Morgan fingerprint density at radius 3 is 0.800 bits per heavy atom. The highest BCUT2D eigenvalue weighted by Crippen LogP contribution is 2.23. The van der Waals surface area contributed by atoms with Crippen LogP contribution in [0.25, 0.3) is 0 Å². The molecule has 0 N–H and O–H groups in total. The maximum atomic E-state index is 4.99. The molecule has 0 saturated carbocycles. The van der Waals surface area contributed by atoms with Gasteiger partial charge in [-0.15, -0.1) is 0 Å². The molecule has 0 fully saturated rings. The minimum Gasteiger partial charge on any atom is -0.391 e. The molecule has 64 valence electrons. The minimum atomic E-state index is -2.94. The summed E-state index contributed by atoms with van der Waals surface area (Å²) in [6, 6.07) is 0. The molecular formula is C4H12AlCl4N. The number of hydrogen-bond acceptors (Lipinski definition) is 0. The van der Waals surface area contributed by atoms with Gasteiger partial charge >= 0.3 is 9.39 Å². The molecule has 0 aromatic heterocycles. The number of nitrogens with zero attached hydrogens (tertiary/aromatic N) is 1. The normalized spacial score (nSPS) is 12.0. The van der Waals surface area contributed by atoms with Gasteiger partial charge in [0.25, 0.3) is 0 Å². The Balaban J connectivity index is 0. The molecule has 0 aliphatic heterocycles. The molecule has 0 radical (unpaired) electrons. The van der Waals surface area contributed by atoms with E-state index in [9.17, 15) is 0 Å². The zero-order chi connectivity index (χ0) is 9.00. The van der Waals surface area contributed by atoms with Gasteiger partial charge in [-0.3, -0.25) is 0 Å². The number of hydrogen-bond donors (Lipinski definition) is 0. The molecular weight excluding hydrogens is 231 g/mol. The van der Waals surface area contributed by atoms with Crippen LogP contribution in [0.15, 0.2) is 0 Å². The van der Waals surface area contributed by atoms with Crippen LogP contribution in [0.1, 0.15) is 0 Å². The van der Waals surface area contributed by atoms with Gasteiger partial charge in [-0.1, -0.05) is 0 Å². The van der Waals surface area contributed by atoms with Gasteiger partial charge < -0.3 is 44.7 Å². The van der Waals surface area contributed by atoms with Crippen molar-refractivity contribution >= 4 is 49.6 Å². The third-order valence-corrected chi connectivity index (χ3v) is 0. The zero-order valence-electron chi connectivity index (χ0n) is 6.54. The summed E-state index contributed by atoms with van der Waals surface area (Å²) in [5.74, 6) is 0. The van der Waals surface area contributed by atoms with Crippen LogP contribution in [0.3, 0.4) is 0 Å². The van der Waals surface area contributed by atoms with Gasteiger partial charge in [0.05, 0.1) is 28.2 Å². The number of halogens is 4. The van der Waals surface area contributed by atoms with E-state index in [1.54, 1.807) is 0 Å². The van der Waals surface area contributed by atoms with Crippen molar-refractivity contribution in [2.75, 3.05) is 28.2 Å². The van der Waals surface area contributed by atoms with Crippen LogP contribution >= 0.6 is 40.2 Å². The van der Waals surface area contributed by atoms with Crippen LogP contribution in [0.2, 0.25) is 0 Å². The fourth-order valence-corrected chi connectivity index (χ4v) is 0. The Morgan fingerprint density at radius 2 is 0.800 bits per heavy atom. The number of quaternary nitrogens is 1. The van der Waals surface area contributed by atoms with E-state index in [0.717, 1.165) is 4.48 Å². The minimum absolute atomic E-state index is 1.00. The first-order valence-corrected chi connectivity index (χ1v) is 9.64. The molecule has 0 bridgehead atoms. The van der Waals surface area contributed by atoms with E-state index < -0.39 is 9.39 Å². The fourth-order valence-electron chi connectivity index (χ4n) is 0. The van der Waals surface area contributed by atoms with Crippen molar-refractivity contribution in [3.63, 3.8) is 0 Å². The van der Waals surface area contributed by atoms with E-state index in [0.29, 0.717) is 0 Å². The van der Waals surface area contributed by atoms with Gasteiger partial charge in [-0.25, -0.2) is 0 Å². The molecule has 0 spiro atoms. The topological polar surface area (TPSA) is 0 Å². The van der Waals surface area contributed by atoms with Gasteiger partial charge in [0.1, 0.15) is 0 Å². The van der Waals surface area contributed by atoms with Crippen molar-refractivity contribution in [1.29, 1.82) is 0 Å². The lowest BCUT2D eigenvalue weighted by Crippen LogP contribution is -2.27. The fraction of sp³-hybridized carbons (Fsp3) is 1.00. The number of rotatable bonds is 0. The summed E-state index contributed by atoms with van der Waals surface area (Å²) in [7, 11) is 25.5.